The maximum absolute atomic E-state index is 5.68. The van der Waals surface area contributed by atoms with Gasteiger partial charge in [-0.15, -0.1) is 0 Å². The average molecular weight is 228 g/mol. The van der Waals surface area contributed by atoms with Crippen molar-refractivity contribution in [2.75, 3.05) is 12.3 Å². The van der Waals surface area contributed by atoms with E-state index in [0.29, 0.717) is 12.4 Å². The van der Waals surface area contributed by atoms with E-state index in [0.717, 1.165) is 17.9 Å². The Hall–Kier alpha value is -2.03. The largest absolute Gasteiger partial charge is 0.491 e. The number of nitrogens with zero attached hydrogens (tertiary/aromatic N) is 1. The first kappa shape index (κ1) is 11.5. The van der Waals surface area contributed by atoms with Crippen molar-refractivity contribution >= 4 is 5.82 Å². The first-order valence-corrected chi connectivity index (χ1v) is 5.65. The molecule has 0 spiro atoms. The molecule has 0 fully saturated rings. The smallest absolute Gasteiger partial charge is 0.140 e. The third kappa shape index (κ3) is 3.21. The minimum atomic E-state index is 0.526. The van der Waals surface area contributed by atoms with E-state index in [4.69, 9.17) is 10.5 Å². The van der Waals surface area contributed by atoms with Crippen molar-refractivity contribution in [2.24, 2.45) is 0 Å². The summed E-state index contributed by atoms with van der Waals surface area (Å²) >= 11 is 0. The van der Waals surface area contributed by atoms with E-state index in [2.05, 4.69) is 17.1 Å². The van der Waals surface area contributed by atoms with Gasteiger partial charge < -0.3 is 10.5 Å². The Morgan fingerprint density at radius 1 is 1.12 bits per heavy atom. The molecule has 3 nitrogen and oxygen atoms in total. The lowest BCUT2D eigenvalue weighted by Crippen LogP contribution is -2.03. The maximum atomic E-state index is 5.68. The second-order valence-corrected chi connectivity index (χ2v) is 3.90. The van der Waals surface area contributed by atoms with Crippen LogP contribution in [0.4, 0.5) is 5.82 Å². The molecular weight excluding hydrogens is 212 g/mol. The highest BCUT2D eigenvalue weighted by molar-refractivity contribution is 5.37. The number of pyridine rings is 1. The molecule has 2 N–H and O–H groups in total. The lowest BCUT2D eigenvalue weighted by molar-refractivity contribution is 0.318. The van der Waals surface area contributed by atoms with Crippen molar-refractivity contribution < 1.29 is 4.74 Å². The molecular formula is C14H16N2O. The molecule has 0 atom stereocenters. The fourth-order valence-electron chi connectivity index (χ4n) is 1.64. The van der Waals surface area contributed by atoms with Crippen LogP contribution in [0.3, 0.4) is 0 Å². The predicted octanol–water partition coefficient (Wildman–Crippen LogP) is 2.59. The van der Waals surface area contributed by atoms with Crippen molar-refractivity contribution in [1.29, 1.82) is 0 Å². The van der Waals surface area contributed by atoms with E-state index in [1.165, 1.54) is 5.56 Å². The maximum Gasteiger partial charge on any atom is 0.140 e. The molecule has 17 heavy (non-hydrogen) atoms. The van der Waals surface area contributed by atoms with Crippen LogP contribution in [-0.2, 0) is 6.42 Å². The van der Waals surface area contributed by atoms with Crippen LogP contribution in [0.2, 0.25) is 0 Å². The molecule has 1 aromatic carbocycles. The molecule has 1 heterocycles. The van der Waals surface area contributed by atoms with Gasteiger partial charge in [-0.3, -0.25) is 0 Å². The molecule has 0 bridgehead atoms. The fraction of sp³-hybridized carbons (Fsp3) is 0.214. The van der Waals surface area contributed by atoms with E-state index >= 15 is 0 Å². The normalized spacial score (nSPS) is 10.2. The van der Waals surface area contributed by atoms with Gasteiger partial charge in [-0.1, -0.05) is 30.3 Å². The fourth-order valence-corrected chi connectivity index (χ4v) is 1.64. The molecule has 0 aliphatic heterocycles. The summed E-state index contributed by atoms with van der Waals surface area (Å²) in [4.78, 5) is 4.15. The minimum Gasteiger partial charge on any atom is -0.491 e. The minimum absolute atomic E-state index is 0.526. The van der Waals surface area contributed by atoms with E-state index in [1.807, 2.05) is 31.2 Å². The Labute approximate surface area is 101 Å². The average Bonchev–Trinajstić information content (AvgIpc) is 2.33. The van der Waals surface area contributed by atoms with Gasteiger partial charge in [-0.05, 0) is 24.6 Å². The van der Waals surface area contributed by atoms with Gasteiger partial charge in [-0.2, -0.15) is 0 Å². The van der Waals surface area contributed by atoms with Crippen LogP contribution >= 0.6 is 0 Å². The topological polar surface area (TPSA) is 48.1 Å². The zero-order valence-electron chi connectivity index (χ0n) is 9.89. The Morgan fingerprint density at radius 2 is 1.88 bits per heavy atom. The van der Waals surface area contributed by atoms with E-state index in [1.54, 1.807) is 6.07 Å². The molecule has 0 saturated carbocycles. The Bertz CT molecular complexity index is 483. The van der Waals surface area contributed by atoms with Crippen LogP contribution in [0.15, 0.2) is 42.5 Å². The number of hydrogen-bond acceptors (Lipinski definition) is 3. The number of rotatable bonds is 4. The Balaban J connectivity index is 1.90. The summed E-state index contributed by atoms with van der Waals surface area (Å²) in [5, 5.41) is 0. The molecule has 0 unspecified atom stereocenters. The summed E-state index contributed by atoms with van der Waals surface area (Å²) in [6.45, 7) is 2.55. The highest BCUT2D eigenvalue weighted by Crippen LogP contribution is 2.16. The first-order valence-electron chi connectivity index (χ1n) is 5.65. The van der Waals surface area contributed by atoms with Gasteiger partial charge in [0.05, 0.1) is 12.3 Å². The summed E-state index contributed by atoms with van der Waals surface area (Å²) in [6.07, 6.45) is 0.894. The van der Waals surface area contributed by atoms with Crippen molar-refractivity contribution in [2.45, 2.75) is 13.3 Å². The molecule has 88 valence electrons. The molecule has 2 aromatic rings. The Morgan fingerprint density at radius 3 is 2.59 bits per heavy atom. The molecule has 0 amide bonds. The van der Waals surface area contributed by atoms with Gasteiger partial charge in [0, 0.05) is 6.42 Å². The van der Waals surface area contributed by atoms with E-state index < -0.39 is 0 Å². The summed E-state index contributed by atoms with van der Waals surface area (Å²) in [6, 6.07) is 13.9. The second kappa shape index (κ2) is 5.34. The number of hydrogen-bond donors (Lipinski definition) is 1. The Kier molecular flexibility index (Phi) is 3.60. The van der Waals surface area contributed by atoms with Crippen LogP contribution < -0.4 is 10.5 Å². The zero-order chi connectivity index (χ0) is 12.1. The van der Waals surface area contributed by atoms with Crippen LogP contribution in [0.5, 0.6) is 5.75 Å². The van der Waals surface area contributed by atoms with Crippen molar-refractivity contribution in [1.82, 2.24) is 4.98 Å². The van der Waals surface area contributed by atoms with E-state index in [-0.39, 0.29) is 0 Å². The number of anilines is 1. The van der Waals surface area contributed by atoms with Gasteiger partial charge in [-0.25, -0.2) is 4.98 Å². The van der Waals surface area contributed by atoms with Gasteiger partial charge in [0.25, 0.3) is 0 Å². The van der Waals surface area contributed by atoms with Crippen molar-refractivity contribution in [3.8, 4) is 5.75 Å². The van der Waals surface area contributed by atoms with E-state index in [9.17, 15) is 0 Å². The van der Waals surface area contributed by atoms with Crippen molar-refractivity contribution in [3.63, 3.8) is 0 Å². The van der Waals surface area contributed by atoms with Gasteiger partial charge >= 0.3 is 0 Å². The standard InChI is InChI=1S/C14H16N2O/c1-11-13(7-8-14(15)16-11)17-10-9-12-5-3-2-4-6-12/h2-8H,9-10H2,1H3,(H2,15,16). The van der Waals surface area contributed by atoms with Crippen molar-refractivity contribution in [3.05, 3.63) is 53.7 Å². The molecule has 3 heteroatoms. The van der Waals surface area contributed by atoms with Crippen LogP contribution in [0.25, 0.3) is 0 Å². The predicted molar refractivity (Wildman–Crippen MR) is 69.0 cm³/mol. The number of aromatic nitrogens is 1. The third-order valence-electron chi connectivity index (χ3n) is 2.55. The monoisotopic (exact) mass is 228 g/mol. The van der Waals surface area contributed by atoms with Gasteiger partial charge in [0.2, 0.25) is 0 Å². The molecule has 0 radical (unpaired) electrons. The molecule has 2 rings (SSSR count). The summed E-state index contributed by atoms with van der Waals surface area (Å²) in [5.41, 5.74) is 7.68. The number of nitrogen functional groups attached to an aromatic ring is 1. The third-order valence-corrected chi connectivity index (χ3v) is 2.55. The van der Waals surface area contributed by atoms with Gasteiger partial charge in [0.1, 0.15) is 11.6 Å². The molecule has 1 aromatic heterocycles. The van der Waals surface area contributed by atoms with Crippen LogP contribution in [0.1, 0.15) is 11.3 Å². The quantitative estimate of drug-likeness (QED) is 0.875. The first-order chi connectivity index (χ1) is 8.25. The number of nitrogens with two attached hydrogens (primary N) is 1. The highest BCUT2D eigenvalue weighted by atomic mass is 16.5. The number of benzene rings is 1. The lowest BCUT2D eigenvalue weighted by atomic mass is 10.2. The molecule has 0 saturated heterocycles. The SMILES string of the molecule is Cc1nc(N)ccc1OCCc1ccccc1. The molecule has 0 aliphatic rings. The second-order valence-electron chi connectivity index (χ2n) is 3.90. The summed E-state index contributed by atoms with van der Waals surface area (Å²) in [5.74, 6) is 1.33. The van der Waals surface area contributed by atoms with Crippen LogP contribution in [0, 0.1) is 6.92 Å². The number of aryl methyl sites for hydroxylation is 1. The van der Waals surface area contributed by atoms with Gasteiger partial charge in [0.15, 0.2) is 0 Å². The zero-order valence-corrected chi connectivity index (χ0v) is 9.89. The number of ether oxygens (including phenoxy) is 1. The highest BCUT2D eigenvalue weighted by Gasteiger charge is 2.01. The summed E-state index contributed by atoms with van der Waals surface area (Å²) < 4.78 is 5.68. The summed E-state index contributed by atoms with van der Waals surface area (Å²) in [7, 11) is 0. The molecule has 0 aliphatic carbocycles. The lowest BCUT2D eigenvalue weighted by Gasteiger charge is -2.08. The van der Waals surface area contributed by atoms with Crippen LogP contribution in [-0.4, -0.2) is 11.6 Å².